The van der Waals surface area contributed by atoms with Gasteiger partial charge in [-0.1, -0.05) is 14.0 Å². The first-order chi connectivity index (χ1) is 2.81. The van der Waals surface area contributed by atoms with Crippen molar-refractivity contribution in [2.24, 2.45) is 0 Å². The molecule has 0 rings (SSSR count). The fourth-order valence-corrected chi connectivity index (χ4v) is 0.0373. The maximum Gasteiger partial charge on any atom is 0.365 e. The van der Waals surface area contributed by atoms with Crippen LogP contribution in [0.2, 0.25) is 0 Å². The smallest absolute Gasteiger partial charge is 0.296 e. The van der Waals surface area contributed by atoms with Crippen molar-refractivity contribution < 1.29 is 14.9 Å². The maximum atomic E-state index is 9.59. The molecule has 0 atom stereocenters. The molecule has 3 nitrogen and oxygen atoms in total. The second-order valence-corrected chi connectivity index (χ2v) is 0.614. The Bertz CT molecular complexity index is 67.3. The quantitative estimate of drug-likeness (QED) is 0.304. The molecule has 0 amide bonds. The Morgan fingerprint density at radius 3 is 2.29 bits per heavy atom. The van der Waals surface area contributed by atoms with Crippen LogP contribution in [0.5, 0.6) is 0 Å². The summed E-state index contributed by atoms with van der Waals surface area (Å²) >= 11 is 0. The van der Waals surface area contributed by atoms with E-state index in [1.54, 1.807) is 0 Å². The van der Waals surface area contributed by atoms with Crippen molar-refractivity contribution in [1.82, 2.24) is 0 Å². The highest BCUT2D eigenvalue weighted by Gasteiger charge is 1.85. The van der Waals surface area contributed by atoms with E-state index in [1.807, 2.05) is 0 Å². The van der Waals surface area contributed by atoms with Crippen molar-refractivity contribution in [3.8, 4) is 0 Å². The highest BCUT2D eigenvalue weighted by atomic mass is 17.1. The van der Waals surface area contributed by atoms with Gasteiger partial charge in [0.1, 0.15) is 0 Å². The molecule has 0 radical (unpaired) electrons. The predicted molar refractivity (Wildman–Crippen MR) is 25.6 cm³/mol. The average Bonchev–Trinajstić information content (AvgIpc) is 1.65. The molecule has 0 saturated heterocycles. The lowest BCUT2D eigenvalue weighted by Gasteiger charge is -1.78. The Morgan fingerprint density at radius 2 is 2.29 bits per heavy atom. The molecule has 0 aromatic carbocycles. The Hall–Kier alpha value is -0.830. The van der Waals surface area contributed by atoms with Crippen LogP contribution in [-0.2, 0) is 9.68 Å². The minimum Gasteiger partial charge on any atom is -0.296 e. The van der Waals surface area contributed by atoms with Gasteiger partial charge in [-0.05, 0) is 0 Å². The summed E-state index contributed by atoms with van der Waals surface area (Å²) in [5.41, 5.74) is 0. The third-order valence-corrected chi connectivity index (χ3v) is 0.257. The Balaban J connectivity index is 0. The van der Waals surface area contributed by atoms with Crippen LogP contribution in [0.15, 0.2) is 12.7 Å². The van der Waals surface area contributed by atoms with E-state index in [2.05, 4.69) is 11.5 Å². The first-order valence-electron chi connectivity index (χ1n) is 1.29. The number of hydrogen-bond acceptors (Lipinski definition) is 3. The first-order valence-corrected chi connectivity index (χ1v) is 1.29. The standard InChI is InChI=1S/C3H4O3.CH4/c1-2-3(4)6-5;/h2,5H,1H2;1H4. The van der Waals surface area contributed by atoms with Gasteiger partial charge in [0.2, 0.25) is 0 Å². The monoisotopic (exact) mass is 104 g/mol. The number of carbonyl (C=O) groups excluding carboxylic acids is 1. The van der Waals surface area contributed by atoms with Crippen LogP contribution in [0.1, 0.15) is 7.43 Å². The molecular formula is C4H8O3. The van der Waals surface area contributed by atoms with E-state index in [0.29, 0.717) is 0 Å². The normalized spacial score (nSPS) is 5.86. The summed E-state index contributed by atoms with van der Waals surface area (Å²) in [7, 11) is 0. The van der Waals surface area contributed by atoms with Gasteiger partial charge in [0.05, 0.1) is 0 Å². The van der Waals surface area contributed by atoms with Crippen LogP contribution < -0.4 is 0 Å². The number of carbonyl (C=O) groups is 1. The fraction of sp³-hybridized carbons (Fsp3) is 0.250. The molecule has 0 heterocycles. The summed E-state index contributed by atoms with van der Waals surface area (Å²) in [5, 5.41) is 7.41. The van der Waals surface area contributed by atoms with Crippen molar-refractivity contribution in [3.63, 3.8) is 0 Å². The molecular weight excluding hydrogens is 96.0 g/mol. The third-order valence-electron chi connectivity index (χ3n) is 0.257. The van der Waals surface area contributed by atoms with E-state index < -0.39 is 5.97 Å². The second kappa shape index (κ2) is 5.17. The zero-order valence-electron chi connectivity index (χ0n) is 3.05. The summed E-state index contributed by atoms with van der Waals surface area (Å²) in [5.74, 6) is -0.838. The van der Waals surface area contributed by atoms with Crippen molar-refractivity contribution >= 4 is 5.97 Å². The third kappa shape index (κ3) is 5.17. The van der Waals surface area contributed by atoms with Crippen LogP contribution >= 0.6 is 0 Å². The minimum atomic E-state index is -0.838. The Labute approximate surface area is 42.1 Å². The van der Waals surface area contributed by atoms with Crippen molar-refractivity contribution in [1.29, 1.82) is 0 Å². The lowest BCUT2D eigenvalue weighted by atomic mass is 10.7. The molecule has 0 aromatic heterocycles. The lowest BCUT2D eigenvalue weighted by Crippen LogP contribution is -1.92. The minimum absolute atomic E-state index is 0. The van der Waals surface area contributed by atoms with Crippen molar-refractivity contribution in [2.45, 2.75) is 7.43 Å². The topological polar surface area (TPSA) is 46.5 Å². The molecule has 0 spiro atoms. The molecule has 1 N–H and O–H groups in total. The highest BCUT2D eigenvalue weighted by Crippen LogP contribution is 1.67. The lowest BCUT2D eigenvalue weighted by molar-refractivity contribution is -0.228. The Kier molecular flexibility index (Phi) is 7.00. The summed E-state index contributed by atoms with van der Waals surface area (Å²) in [6, 6.07) is 0. The molecule has 0 saturated carbocycles. The molecule has 0 aliphatic carbocycles. The van der Waals surface area contributed by atoms with Crippen LogP contribution in [0.4, 0.5) is 0 Å². The molecule has 3 heteroatoms. The molecule has 0 aromatic rings. The predicted octanol–water partition coefficient (Wildman–Crippen LogP) is 0.825. The van der Waals surface area contributed by atoms with Gasteiger partial charge in [-0.25, -0.2) is 4.79 Å². The van der Waals surface area contributed by atoms with Gasteiger partial charge in [0.15, 0.2) is 0 Å². The van der Waals surface area contributed by atoms with E-state index in [1.165, 1.54) is 0 Å². The van der Waals surface area contributed by atoms with E-state index in [0.717, 1.165) is 6.08 Å². The molecule has 7 heavy (non-hydrogen) atoms. The van der Waals surface area contributed by atoms with E-state index >= 15 is 0 Å². The van der Waals surface area contributed by atoms with E-state index in [9.17, 15) is 4.79 Å². The summed E-state index contributed by atoms with van der Waals surface area (Å²) in [4.78, 5) is 12.7. The average molecular weight is 104 g/mol. The highest BCUT2D eigenvalue weighted by molar-refractivity contribution is 5.80. The zero-order chi connectivity index (χ0) is 4.99. The largest absolute Gasteiger partial charge is 0.365 e. The van der Waals surface area contributed by atoms with Gasteiger partial charge >= 0.3 is 5.97 Å². The van der Waals surface area contributed by atoms with Crippen LogP contribution in [0.3, 0.4) is 0 Å². The van der Waals surface area contributed by atoms with Crippen molar-refractivity contribution in [3.05, 3.63) is 12.7 Å². The van der Waals surface area contributed by atoms with E-state index in [4.69, 9.17) is 5.26 Å². The maximum absolute atomic E-state index is 9.59. The molecule has 0 unspecified atom stereocenters. The molecule has 0 bridgehead atoms. The van der Waals surface area contributed by atoms with Crippen LogP contribution in [0, 0.1) is 0 Å². The van der Waals surface area contributed by atoms with Gasteiger partial charge in [-0.2, -0.15) is 5.26 Å². The van der Waals surface area contributed by atoms with Gasteiger partial charge in [0.25, 0.3) is 0 Å². The summed E-state index contributed by atoms with van der Waals surface area (Å²) in [6.45, 7) is 3.00. The molecule has 0 aliphatic rings. The summed E-state index contributed by atoms with van der Waals surface area (Å²) < 4.78 is 0. The Morgan fingerprint density at radius 1 is 1.86 bits per heavy atom. The number of rotatable bonds is 1. The molecule has 0 fully saturated rings. The SMILES string of the molecule is C.C=CC(=O)OO. The van der Waals surface area contributed by atoms with Gasteiger partial charge < -0.3 is 0 Å². The fourth-order valence-electron chi connectivity index (χ4n) is 0.0373. The van der Waals surface area contributed by atoms with Gasteiger partial charge in [-0.15, -0.1) is 0 Å². The van der Waals surface area contributed by atoms with Crippen LogP contribution in [-0.4, -0.2) is 11.2 Å². The zero-order valence-corrected chi connectivity index (χ0v) is 3.05. The first kappa shape index (κ1) is 9.48. The summed E-state index contributed by atoms with van der Waals surface area (Å²) in [6.07, 6.45) is 0.861. The molecule has 0 aliphatic heterocycles. The molecule has 42 valence electrons. The second-order valence-electron chi connectivity index (χ2n) is 0.614. The van der Waals surface area contributed by atoms with Crippen molar-refractivity contribution in [2.75, 3.05) is 0 Å². The van der Waals surface area contributed by atoms with Gasteiger partial charge in [-0.3, -0.25) is 4.89 Å². The van der Waals surface area contributed by atoms with Crippen LogP contribution in [0.25, 0.3) is 0 Å². The van der Waals surface area contributed by atoms with E-state index in [-0.39, 0.29) is 7.43 Å². The van der Waals surface area contributed by atoms with Gasteiger partial charge in [0, 0.05) is 6.08 Å². The number of hydrogen-bond donors (Lipinski definition) is 1.